The van der Waals surface area contributed by atoms with Gasteiger partial charge in [0.2, 0.25) is 0 Å². The van der Waals surface area contributed by atoms with Crippen molar-refractivity contribution >= 4 is 21.8 Å². The molecule has 0 bridgehead atoms. The molecule has 1 aliphatic rings. The molecule has 0 spiro atoms. The summed E-state index contributed by atoms with van der Waals surface area (Å²) in [5.74, 6) is -0.561. The molecule has 1 aromatic rings. The van der Waals surface area contributed by atoms with Crippen LogP contribution in [0.2, 0.25) is 0 Å². The van der Waals surface area contributed by atoms with Crippen LogP contribution in [0.15, 0.2) is 22.7 Å². The number of nitrogens with zero attached hydrogens (tertiary/aromatic N) is 1. The van der Waals surface area contributed by atoms with E-state index in [0.29, 0.717) is 10.0 Å². The lowest BCUT2D eigenvalue weighted by Crippen LogP contribution is -2.46. The van der Waals surface area contributed by atoms with Crippen LogP contribution in [-0.4, -0.2) is 49.7 Å². The number of amides is 1. The molecule has 1 amide bonds. The van der Waals surface area contributed by atoms with Crippen LogP contribution in [-0.2, 0) is 4.74 Å². The molecule has 1 atom stereocenters. The largest absolute Gasteiger partial charge is 0.379 e. The molecule has 1 fully saturated rings. The number of benzene rings is 1. The van der Waals surface area contributed by atoms with Crippen molar-refractivity contribution in [2.75, 3.05) is 32.8 Å². The van der Waals surface area contributed by atoms with Crippen LogP contribution in [0.25, 0.3) is 0 Å². The van der Waals surface area contributed by atoms with Crippen molar-refractivity contribution in [3.8, 4) is 0 Å². The lowest BCUT2D eigenvalue weighted by atomic mass is 10.2. The average molecular weight is 345 g/mol. The summed E-state index contributed by atoms with van der Waals surface area (Å²) in [7, 11) is 0. The van der Waals surface area contributed by atoms with Crippen molar-refractivity contribution in [1.82, 2.24) is 10.2 Å². The molecule has 1 unspecified atom stereocenters. The second-order valence-electron chi connectivity index (χ2n) is 4.92. The second-order valence-corrected chi connectivity index (χ2v) is 5.77. The van der Waals surface area contributed by atoms with Gasteiger partial charge in [0.25, 0.3) is 5.91 Å². The van der Waals surface area contributed by atoms with E-state index in [1.807, 2.05) is 6.92 Å². The zero-order chi connectivity index (χ0) is 14.5. The number of hydrogen-bond donors (Lipinski definition) is 1. The molecule has 6 heteroatoms. The summed E-state index contributed by atoms with van der Waals surface area (Å²) in [5.41, 5.74) is 0.451. The standard InChI is InChI=1S/C14H18BrFN2O2/c1-10(9-18-4-6-20-7-5-18)17-14(19)11-2-3-13(16)12(15)8-11/h2-3,8,10H,4-7,9H2,1H3,(H,17,19). The highest BCUT2D eigenvalue weighted by molar-refractivity contribution is 9.10. The SMILES string of the molecule is CC(CN1CCOCC1)NC(=O)c1ccc(F)c(Br)c1. The summed E-state index contributed by atoms with van der Waals surface area (Å²) in [6.45, 7) is 6.02. The van der Waals surface area contributed by atoms with E-state index in [9.17, 15) is 9.18 Å². The van der Waals surface area contributed by atoms with E-state index < -0.39 is 0 Å². The molecule has 20 heavy (non-hydrogen) atoms. The minimum Gasteiger partial charge on any atom is -0.379 e. The summed E-state index contributed by atoms with van der Waals surface area (Å²) in [6.07, 6.45) is 0. The van der Waals surface area contributed by atoms with E-state index in [4.69, 9.17) is 4.74 Å². The first-order chi connectivity index (χ1) is 9.56. The van der Waals surface area contributed by atoms with Gasteiger partial charge in [-0.3, -0.25) is 9.69 Å². The molecule has 110 valence electrons. The lowest BCUT2D eigenvalue weighted by molar-refractivity contribution is 0.0342. The molecule has 0 radical (unpaired) electrons. The highest BCUT2D eigenvalue weighted by atomic mass is 79.9. The number of carbonyl (C=O) groups is 1. The van der Waals surface area contributed by atoms with E-state index in [0.717, 1.165) is 32.8 Å². The smallest absolute Gasteiger partial charge is 0.251 e. The Kier molecular flexibility index (Phi) is 5.51. The Morgan fingerprint density at radius 2 is 2.20 bits per heavy atom. The summed E-state index contributed by atoms with van der Waals surface area (Å²) >= 11 is 3.08. The first-order valence-corrected chi connectivity index (χ1v) is 7.41. The maximum Gasteiger partial charge on any atom is 0.251 e. The molecule has 1 aliphatic heterocycles. The fraction of sp³-hybridized carbons (Fsp3) is 0.500. The number of carbonyl (C=O) groups excluding carboxylic acids is 1. The van der Waals surface area contributed by atoms with Gasteiger partial charge in [0, 0.05) is 31.2 Å². The first-order valence-electron chi connectivity index (χ1n) is 6.62. The van der Waals surface area contributed by atoms with Crippen molar-refractivity contribution in [2.45, 2.75) is 13.0 Å². The predicted octanol–water partition coefficient (Wildman–Crippen LogP) is 2.04. The van der Waals surface area contributed by atoms with Crippen LogP contribution < -0.4 is 5.32 Å². The number of rotatable bonds is 4. The van der Waals surface area contributed by atoms with Gasteiger partial charge >= 0.3 is 0 Å². The van der Waals surface area contributed by atoms with E-state index in [1.54, 1.807) is 0 Å². The van der Waals surface area contributed by atoms with Crippen molar-refractivity contribution in [3.63, 3.8) is 0 Å². The van der Waals surface area contributed by atoms with Crippen molar-refractivity contribution in [1.29, 1.82) is 0 Å². The van der Waals surface area contributed by atoms with Gasteiger partial charge in [0.1, 0.15) is 5.82 Å². The molecule has 0 saturated carbocycles. The fourth-order valence-corrected chi connectivity index (χ4v) is 2.54. The molecule has 1 heterocycles. The normalized spacial score (nSPS) is 17.8. The Labute approximate surface area is 126 Å². The maximum atomic E-state index is 13.1. The summed E-state index contributed by atoms with van der Waals surface area (Å²) in [6, 6.07) is 4.29. The minimum atomic E-state index is -0.372. The molecular formula is C14H18BrFN2O2. The van der Waals surface area contributed by atoms with Gasteiger partial charge in [0.15, 0.2) is 0 Å². The van der Waals surface area contributed by atoms with Crippen LogP contribution in [0, 0.1) is 5.82 Å². The Morgan fingerprint density at radius 3 is 2.85 bits per heavy atom. The average Bonchev–Trinajstić information content (AvgIpc) is 2.42. The fourth-order valence-electron chi connectivity index (χ4n) is 2.16. The Morgan fingerprint density at radius 1 is 1.50 bits per heavy atom. The highest BCUT2D eigenvalue weighted by Crippen LogP contribution is 2.16. The van der Waals surface area contributed by atoms with Gasteiger partial charge in [-0.25, -0.2) is 4.39 Å². The van der Waals surface area contributed by atoms with Gasteiger partial charge < -0.3 is 10.1 Å². The van der Waals surface area contributed by atoms with Crippen molar-refractivity contribution < 1.29 is 13.9 Å². The molecule has 0 aliphatic carbocycles. The molecule has 2 rings (SSSR count). The summed E-state index contributed by atoms with van der Waals surface area (Å²) in [4.78, 5) is 14.3. The van der Waals surface area contributed by atoms with Crippen LogP contribution in [0.5, 0.6) is 0 Å². The third-order valence-corrected chi connectivity index (χ3v) is 3.80. The molecule has 4 nitrogen and oxygen atoms in total. The van der Waals surface area contributed by atoms with Crippen LogP contribution in [0.4, 0.5) is 4.39 Å². The number of hydrogen-bond acceptors (Lipinski definition) is 3. The van der Waals surface area contributed by atoms with Crippen LogP contribution >= 0.6 is 15.9 Å². The van der Waals surface area contributed by atoms with Gasteiger partial charge in [-0.05, 0) is 41.1 Å². The zero-order valence-corrected chi connectivity index (χ0v) is 13.0. The Hall–Kier alpha value is -0.980. The van der Waals surface area contributed by atoms with Gasteiger partial charge in [-0.2, -0.15) is 0 Å². The maximum absolute atomic E-state index is 13.1. The number of nitrogens with one attached hydrogen (secondary N) is 1. The third-order valence-electron chi connectivity index (χ3n) is 3.20. The topological polar surface area (TPSA) is 41.6 Å². The summed E-state index contributed by atoms with van der Waals surface area (Å²) in [5, 5.41) is 2.93. The molecule has 0 aromatic heterocycles. The minimum absolute atomic E-state index is 0.0319. The highest BCUT2D eigenvalue weighted by Gasteiger charge is 2.16. The quantitative estimate of drug-likeness (QED) is 0.908. The number of halogens is 2. The van der Waals surface area contributed by atoms with E-state index in [2.05, 4.69) is 26.1 Å². The van der Waals surface area contributed by atoms with E-state index >= 15 is 0 Å². The first kappa shape index (κ1) is 15.4. The lowest BCUT2D eigenvalue weighted by Gasteiger charge is -2.29. The summed E-state index contributed by atoms with van der Waals surface area (Å²) < 4.78 is 18.7. The van der Waals surface area contributed by atoms with Crippen LogP contribution in [0.1, 0.15) is 17.3 Å². The van der Waals surface area contributed by atoms with Crippen molar-refractivity contribution in [3.05, 3.63) is 34.1 Å². The van der Waals surface area contributed by atoms with Crippen LogP contribution in [0.3, 0.4) is 0 Å². The van der Waals surface area contributed by atoms with E-state index in [1.165, 1.54) is 18.2 Å². The Balaban J connectivity index is 1.87. The van der Waals surface area contributed by atoms with E-state index in [-0.39, 0.29) is 17.8 Å². The number of morpholine rings is 1. The van der Waals surface area contributed by atoms with Crippen molar-refractivity contribution in [2.24, 2.45) is 0 Å². The molecule has 1 saturated heterocycles. The monoisotopic (exact) mass is 344 g/mol. The molecule has 1 N–H and O–H groups in total. The second kappa shape index (κ2) is 7.15. The molecular weight excluding hydrogens is 327 g/mol. The van der Waals surface area contributed by atoms with Gasteiger partial charge in [0.05, 0.1) is 17.7 Å². The zero-order valence-electron chi connectivity index (χ0n) is 11.4. The number of ether oxygens (including phenoxy) is 1. The Bertz CT molecular complexity index is 478. The molecule has 1 aromatic carbocycles. The predicted molar refractivity (Wildman–Crippen MR) is 78.3 cm³/mol. The third kappa shape index (κ3) is 4.26. The van der Waals surface area contributed by atoms with Gasteiger partial charge in [-0.15, -0.1) is 0 Å². The van der Waals surface area contributed by atoms with Gasteiger partial charge in [-0.1, -0.05) is 0 Å².